The molecule has 32 heavy (non-hydrogen) atoms. The Labute approximate surface area is 187 Å². The standard InChI is InChI=1S/C28H26O4/c1-2-27(19-3-11-23(29)12-4-19)28(20-5-13-24(30)14-6-20,21-7-15-25(31)16-8-21)22-9-17-26(32)18-10-22/h3-18,27,29-32H,2H2,1H3. The zero-order valence-electron chi connectivity index (χ0n) is 17.8. The van der Waals surface area contributed by atoms with Crippen molar-refractivity contribution >= 4 is 0 Å². The molecule has 4 aromatic rings. The fourth-order valence-electron chi connectivity index (χ4n) is 4.78. The number of rotatable bonds is 6. The molecule has 0 aromatic heterocycles. The molecule has 0 fully saturated rings. The van der Waals surface area contributed by atoms with E-state index in [2.05, 4.69) is 6.92 Å². The molecule has 4 rings (SSSR count). The number of aromatic hydroxyl groups is 4. The Balaban J connectivity index is 2.10. The van der Waals surface area contributed by atoms with Crippen molar-refractivity contribution in [2.24, 2.45) is 0 Å². The van der Waals surface area contributed by atoms with Crippen molar-refractivity contribution in [3.05, 3.63) is 119 Å². The van der Waals surface area contributed by atoms with E-state index in [4.69, 9.17) is 0 Å². The van der Waals surface area contributed by atoms with Crippen LogP contribution >= 0.6 is 0 Å². The molecule has 0 bridgehead atoms. The number of phenols is 4. The molecule has 4 aromatic carbocycles. The third-order valence-corrected chi connectivity index (χ3v) is 6.19. The number of benzene rings is 4. The Bertz CT molecular complexity index is 1050. The molecule has 0 saturated heterocycles. The van der Waals surface area contributed by atoms with Crippen molar-refractivity contribution in [2.75, 3.05) is 0 Å². The van der Waals surface area contributed by atoms with Crippen molar-refractivity contribution in [3.8, 4) is 23.0 Å². The highest BCUT2D eigenvalue weighted by molar-refractivity contribution is 5.56. The quantitative estimate of drug-likeness (QED) is 0.284. The van der Waals surface area contributed by atoms with Gasteiger partial charge in [-0.05, 0) is 77.2 Å². The summed E-state index contributed by atoms with van der Waals surface area (Å²) in [5, 5.41) is 39.8. The third kappa shape index (κ3) is 3.76. The van der Waals surface area contributed by atoms with E-state index in [1.54, 1.807) is 48.5 Å². The molecule has 0 aliphatic heterocycles. The first-order valence-electron chi connectivity index (χ1n) is 10.6. The summed E-state index contributed by atoms with van der Waals surface area (Å²) < 4.78 is 0. The maximum atomic E-state index is 9.99. The average molecular weight is 427 g/mol. The molecule has 4 nitrogen and oxygen atoms in total. The molecule has 1 atom stereocenters. The van der Waals surface area contributed by atoms with Gasteiger partial charge in [-0.2, -0.15) is 0 Å². The van der Waals surface area contributed by atoms with Gasteiger partial charge in [-0.3, -0.25) is 0 Å². The van der Waals surface area contributed by atoms with E-state index in [-0.39, 0.29) is 28.9 Å². The minimum Gasteiger partial charge on any atom is -0.508 e. The summed E-state index contributed by atoms with van der Waals surface area (Å²) in [5.74, 6) is 0.681. The first-order chi connectivity index (χ1) is 15.4. The zero-order chi connectivity index (χ0) is 22.7. The highest BCUT2D eigenvalue weighted by Gasteiger charge is 2.43. The van der Waals surface area contributed by atoms with E-state index in [0.717, 1.165) is 28.7 Å². The molecular weight excluding hydrogens is 400 g/mol. The van der Waals surface area contributed by atoms with E-state index in [9.17, 15) is 20.4 Å². The molecular formula is C28H26O4. The van der Waals surface area contributed by atoms with Crippen LogP contribution in [0.3, 0.4) is 0 Å². The summed E-state index contributed by atoms with van der Waals surface area (Å²) in [4.78, 5) is 0. The number of hydrogen-bond donors (Lipinski definition) is 4. The SMILES string of the molecule is CCC(c1ccc(O)cc1)C(c1ccc(O)cc1)(c1ccc(O)cc1)c1ccc(O)cc1. The first-order valence-corrected chi connectivity index (χ1v) is 10.6. The summed E-state index contributed by atoms with van der Waals surface area (Å²) in [5.41, 5.74) is 3.24. The highest BCUT2D eigenvalue weighted by Crippen LogP contribution is 2.52. The van der Waals surface area contributed by atoms with Gasteiger partial charge in [-0.1, -0.05) is 55.5 Å². The van der Waals surface area contributed by atoms with Gasteiger partial charge in [-0.15, -0.1) is 0 Å². The molecule has 1 unspecified atom stereocenters. The van der Waals surface area contributed by atoms with Gasteiger partial charge in [0.2, 0.25) is 0 Å². The van der Waals surface area contributed by atoms with Crippen LogP contribution in [0.5, 0.6) is 23.0 Å². The summed E-state index contributed by atoms with van der Waals surface area (Å²) in [6.07, 6.45) is 0.771. The predicted molar refractivity (Wildman–Crippen MR) is 125 cm³/mol. The highest BCUT2D eigenvalue weighted by atomic mass is 16.3. The molecule has 4 heteroatoms. The molecule has 0 aliphatic carbocycles. The minimum absolute atomic E-state index is 0.0540. The second kappa shape index (κ2) is 8.67. The van der Waals surface area contributed by atoms with Crippen molar-refractivity contribution in [1.29, 1.82) is 0 Å². The van der Waals surface area contributed by atoms with Crippen LogP contribution in [-0.4, -0.2) is 20.4 Å². The maximum absolute atomic E-state index is 9.99. The van der Waals surface area contributed by atoms with Gasteiger partial charge in [0.25, 0.3) is 0 Å². The second-order valence-electron chi connectivity index (χ2n) is 8.00. The van der Waals surface area contributed by atoms with E-state index >= 15 is 0 Å². The summed E-state index contributed by atoms with van der Waals surface area (Å²) in [7, 11) is 0. The van der Waals surface area contributed by atoms with Gasteiger partial charge >= 0.3 is 0 Å². The maximum Gasteiger partial charge on any atom is 0.115 e. The molecule has 0 radical (unpaired) electrons. The van der Waals surface area contributed by atoms with Gasteiger partial charge in [0.1, 0.15) is 23.0 Å². The summed E-state index contributed by atoms with van der Waals surface area (Å²) in [6.45, 7) is 2.12. The Hall–Kier alpha value is -3.92. The lowest BCUT2D eigenvalue weighted by atomic mass is 9.59. The zero-order valence-corrected chi connectivity index (χ0v) is 17.8. The smallest absolute Gasteiger partial charge is 0.115 e. The van der Waals surface area contributed by atoms with Crippen molar-refractivity contribution in [2.45, 2.75) is 24.7 Å². The largest absolute Gasteiger partial charge is 0.508 e. The van der Waals surface area contributed by atoms with Crippen LogP contribution in [0.1, 0.15) is 41.5 Å². The second-order valence-corrected chi connectivity index (χ2v) is 8.00. The van der Waals surface area contributed by atoms with Crippen LogP contribution in [0.2, 0.25) is 0 Å². The van der Waals surface area contributed by atoms with Gasteiger partial charge in [0.15, 0.2) is 0 Å². The fourth-order valence-corrected chi connectivity index (χ4v) is 4.78. The molecule has 0 saturated carbocycles. The molecule has 0 heterocycles. The molecule has 0 aliphatic rings. The number of hydrogen-bond acceptors (Lipinski definition) is 4. The van der Waals surface area contributed by atoms with Crippen LogP contribution in [-0.2, 0) is 5.41 Å². The third-order valence-electron chi connectivity index (χ3n) is 6.19. The lowest BCUT2D eigenvalue weighted by Gasteiger charge is -2.43. The number of phenolic OH excluding ortho intramolecular Hbond substituents is 4. The van der Waals surface area contributed by atoms with Gasteiger partial charge in [0.05, 0.1) is 5.41 Å². The van der Waals surface area contributed by atoms with E-state index in [0.29, 0.717) is 0 Å². The van der Waals surface area contributed by atoms with E-state index in [1.165, 1.54) is 0 Å². The summed E-state index contributed by atoms with van der Waals surface area (Å²) in [6, 6.07) is 28.8. The normalized spacial score (nSPS) is 12.4. The van der Waals surface area contributed by atoms with Crippen molar-refractivity contribution in [1.82, 2.24) is 0 Å². The Morgan fingerprint density at radius 3 is 1.06 bits per heavy atom. The van der Waals surface area contributed by atoms with E-state index < -0.39 is 5.41 Å². The summed E-state index contributed by atoms with van der Waals surface area (Å²) >= 11 is 0. The topological polar surface area (TPSA) is 80.9 Å². The Morgan fingerprint density at radius 2 is 0.781 bits per heavy atom. The van der Waals surface area contributed by atoms with Crippen LogP contribution in [0.25, 0.3) is 0 Å². The van der Waals surface area contributed by atoms with E-state index in [1.807, 2.05) is 48.5 Å². The monoisotopic (exact) mass is 426 g/mol. The van der Waals surface area contributed by atoms with Gasteiger partial charge < -0.3 is 20.4 Å². The van der Waals surface area contributed by atoms with Crippen LogP contribution in [0.15, 0.2) is 97.1 Å². The Kier molecular flexibility index (Phi) is 5.78. The van der Waals surface area contributed by atoms with Crippen LogP contribution < -0.4 is 0 Å². The van der Waals surface area contributed by atoms with Crippen LogP contribution in [0.4, 0.5) is 0 Å². The molecule has 0 amide bonds. The average Bonchev–Trinajstić information content (AvgIpc) is 2.80. The molecule has 4 N–H and O–H groups in total. The lowest BCUT2D eigenvalue weighted by molar-refractivity contribution is 0.450. The van der Waals surface area contributed by atoms with Crippen molar-refractivity contribution in [3.63, 3.8) is 0 Å². The van der Waals surface area contributed by atoms with Gasteiger partial charge in [-0.25, -0.2) is 0 Å². The lowest BCUT2D eigenvalue weighted by Crippen LogP contribution is -2.36. The van der Waals surface area contributed by atoms with Crippen LogP contribution in [0, 0.1) is 0 Å². The fraction of sp³-hybridized carbons (Fsp3) is 0.143. The minimum atomic E-state index is -0.694. The van der Waals surface area contributed by atoms with Crippen molar-refractivity contribution < 1.29 is 20.4 Å². The van der Waals surface area contributed by atoms with Gasteiger partial charge in [0, 0.05) is 5.92 Å². The molecule has 162 valence electrons. The predicted octanol–water partition coefficient (Wildman–Crippen LogP) is 6.04. The Morgan fingerprint density at radius 1 is 0.500 bits per heavy atom. The first kappa shape index (κ1) is 21.3. The molecule has 0 spiro atoms.